The Kier molecular flexibility index (Phi) is 3.47. The summed E-state index contributed by atoms with van der Waals surface area (Å²) in [5.41, 5.74) is 1.04. The second kappa shape index (κ2) is 4.42. The van der Waals surface area contributed by atoms with Gasteiger partial charge in [0.1, 0.15) is 0 Å². The second-order valence-corrected chi connectivity index (χ2v) is 5.26. The number of allylic oxidation sites excluding steroid dienone is 1. The van der Waals surface area contributed by atoms with Gasteiger partial charge in [0.25, 0.3) is 0 Å². The van der Waals surface area contributed by atoms with Crippen molar-refractivity contribution >= 4 is 9.84 Å². The molecule has 3 heteroatoms. The molecule has 0 saturated carbocycles. The summed E-state index contributed by atoms with van der Waals surface area (Å²) in [4.78, 5) is 0.388. The quantitative estimate of drug-likeness (QED) is 0.714. The molecular formula is C11H14O2S. The van der Waals surface area contributed by atoms with Crippen LogP contribution in [-0.4, -0.2) is 14.7 Å². The fourth-order valence-electron chi connectivity index (χ4n) is 1.20. The fraction of sp³-hybridized carbons (Fsp3) is 0.273. The van der Waals surface area contributed by atoms with Crippen molar-refractivity contribution < 1.29 is 8.42 Å². The minimum atomic E-state index is -3.08. The van der Waals surface area contributed by atoms with Gasteiger partial charge in [-0.05, 0) is 30.5 Å². The summed E-state index contributed by atoms with van der Waals surface area (Å²) in [5.74, 6) is 0. The lowest BCUT2D eigenvalue weighted by molar-refractivity contribution is 0.601. The molecule has 0 saturated heterocycles. The first kappa shape index (κ1) is 11.0. The van der Waals surface area contributed by atoms with E-state index in [0.717, 1.165) is 18.4 Å². The Morgan fingerprint density at radius 3 is 2.71 bits per heavy atom. The number of benzene rings is 1. The van der Waals surface area contributed by atoms with E-state index in [1.807, 2.05) is 12.1 Å². The molecule has 14 heavy (non-hydrogen) atoms. The molecule has 76 valence electrons. The monoisotopic (exact) mass is 210 g/mol. The Bertz CT molecular complexity index is 419. The van der Waals surface area contributed by atoms with Crippen molar-refractivity contribution in [2.24, 2.45) is 0 Å². The third-order valence-corrected chi connectivity index (χ3v) is 3.07. The Labute approximate surface area is 85.2 Å². The van der Waals surface area contributed by atoms with Crippen molar-refractivity contribution in [3.63, 3.8) is 0 Å². The molecule has 0 aliphatic heterocycles. The minimum Gasteiger partial charge on any atom is -0.224 e. The maximum Gasteiger partial charge on any atom is 0.175 e. The van der Waals surface area contributed by atoms with Gasteiger partial charge in [-0.3, -0.25) is 0 Å². The largest absolute Gasteiger partial charge is 0.224 e. The van der Waals surface area contributed by atoms with E-state index in [1.165, 1.54) is 6.26 Å². The van der Waals surface area contributed by atoms with Crippen LogP contribution in [0.5, 0.6) is 0 Å². The third kappa shape index (κ3) is 3.00. The van der Waals surface area contributed by atoms with Crippen LogP contribution in [0.1, 0.15) is 12.0 Å². The predicted octanol–water partition coefficient (Wildman–Crippen LogP) is 2.21. The maximum absolute atomic E-state index is 11.2. The summed E-state index contributed by atoms with van der Waals surface area (Å²) in [5, 5.41) is 0. The highest BCUT2D eigenvalue weighted by atomic mass is 32.2. The van der Waals surface area contributed by atoms with Crippen LogP contribution >= 0.6 is 0 Å². The molecule has 0 aliphatic rings. The molecule has 0 atom stereocenters. The number of sulfone groups is 1. The molecular weight excluding hydrogens is 196 g/mol. The van der Waals surface area contributed by atoms with E-state index in [-0.39, 0.29) is 0 Å². The van der Waals surface area contributed by atoms with Crippen molar-refractivity contribution in [2.45, 2.75) is 17.7 Å². The highest BCUT2D eigenvalue weighted by molar-refractivity contribution is 7.90. The zero-order chi connectivity index (χ0) is 10.6. The van der Waals surface area contributed by atoms with Crippen LogP contribution in [0.3, 0.4) is 0 Å². The lowest BCUT2D eigenvalue weighted by Gasteiger charge is -2.01. The molecule has 0 radical (unpaired) electrons. The van der Waals surface area contributed by atoms with E-state index < -0.39 is 9.84 Å². The second-order valence-electron chi connectivity index (χ2n) is 3.25. The summed E-state index contributed by atoms with van der Waals surface area (Å²) in [6.45, 7) is 3.63. The molecule has 0 unspecified atom stereocenters. The Morgan fingerprint density at radius 2 is 2.14 bits per heavy atom. The van der Waals surface area contributed by atoms with E-state index in [0.29, 0.717) is 4.90 Å². The van der Waals surface area contributed by atoms with E-state index in [9.17, 15) is 8.42 Å². The van der Waals surface area contributed by atoms with Crippen LogP contribution in [0.4, 0.5) is 0 Å². The summed E-state index contributed by atoms with van der Waals surface area (Å²) >= 11 is 0. The molecule has 2 nitrogen and oxygen atoms in total. The maximum atomic E-state index is 11.2. The van der Waals surface area contributed by atoms with Crippen LogP contribution in [0.15, 0.2) is 41.8 Å². The van der Waals surface area contributed by atoms with Crippen LogP contribution in [-0.2, 0) is 16.3 Å². The number of rotatable bonds is 4. The van der Waals surface area contributed by atoms with Crippen molar-refractivity contribution in [1.29, 1.82) is 0 Å². The average Bonchev–Trinajstić information content (AvgIpc) is 2.14. The first-order valence-electron chi connectivity index (χ1n) is 4.44. The first-order valence-corrected chi connectivity index (χ1v) is 6.33. The number of hydrogen-bond acceptors (Lipinski definition) is 2. The fourth-order valence-corrected chi connectivity index (χ4v) is 1.89. The Morgan fingerprint density at radius 1 is 1.43 bits per heavy atom. The third-order valence-electron chi connectivity index (χ3n) is 1.96. The summed E-state index contributed by atoms with van der Waals surface area (Å²) in [6.07, 6.45) is 4.76. The molecule has 0 fully saturated rings. The zero-order valence-electron chi connectivity index (χ0n) is 8.23. The lowest BCUT2D eigenvalue weighted by Crippen LogP contribution is -1.97. The van der Waals surface area contributed by atoms with Gasteiger partial charge in [0.05, 0.1) is 4.90 Å². The highest BCUT2D eigenvalue weighted by Crippen LogP contribution is 2.12. The molecule has 0 aliphatic carbocycles. The van der Waals surface area contributed by atoms with Crippen molar-refractivity contribution in [1.82, 2.24) is 0 Å². The smallest absolute Gasteiger partial charge is 0.175 e. The van der Waals surface area contributed by atoms with Gasteiger partial charge < -0.3 is 0 Å². The summed E-state index contributed by atoms with van der Waals surface area (Å²) < 4.78 is 22.5. The van der Waals surface area contributed by atoms with Crippen molar-refractivity contribution in [2.75, 3.05) is 6.26 Å². The summed E-state index contributed by atoms with van der Waals surface area (Å²) in [6, 6.07) is 7.04. The molecule has 0 aromatic heterocycles. The number of aryl methyl sites for hydroxylation is 1. The van der Waals surface area contributed by atoms with E-state index in [4.69, 9.17) is 0 Å². The van der Waals surface area contributed by atoms with Gasteiger partial charge in [0.15, 0.2) is 9.84 Å². The standard InChI is InChI=1S/C11H14O2S/c1-3-4-6-10-7-5-8-11(9-10)14(2,12)13/h3,5,7-9H,1,4,6H2,2H3. The van der Waals surface area contributed by atoms with E-state index in [2.05, 4.69) is 6.58 Å². The lowest BCUT2D eigenvalue weighted by atomic mass is 10.1. The molecule has 1 aromatic rings. The topological polar surface area (TPSA) is 34.1 Å². The van der Waals surface area contributed by atoms with Crippen molar-refractivity contribution in [3.05, 3.63) is 42.5 Å². The molecule has 0 amide bonds. The molecule has 0 bridgehead atoms. The predicted molar refractivity (Wildman–Crippen MR) is 58.1 cm³/mol. The molecule has 0 spiro atoms. The Hall–Kier alpha value is -1.09. The molecule has 1 aromatic carbocycles. The molecule has 0 N–H and O–H groups in total. The van der Waals surface area contributed by atoms with Crippen molar-refractivity contribution in [3.8, 4) is 0 Å². The van der Waals surface area contributed by atoms with Gasteiger partial charge in [0.2, 0.25) is 0 Å². The van der Waals surface area contributed by atoms with Gasteiger partial charge in [-0.2, -0.15) is 0 Å². The molecule has 1 rings (SSSR count). The van der Waals surface area contributed by atoms with Gasteiger partial charge in [-0.15, -0.1) is 6.58 Å². The minimum absolute atomic E-state index is 0.388. The van der Waals surface area contributed by atoms with E-state index >= 15 is 0 Å². The van der Waals surface area contributed by atoms with Crippen LogP contribution in [0, 0.1) is 0 Å². The van der Waals surface area contributed by atoms with E-state index in [1.54, 1.807) is 18.2 Å². The van der Waals surface area contributed by atoms with Crippen LogP contribution in [0.25, 0.3) is 0 Å². The van der Waals surface area contributed by atoms with Crippen LogP contribution in [0.2, 0.25) is 0 Å². The van der Waals surface area contributed by atoms with Gasteiger partial charge in [0, 0.05) is 6.26 Å². The SMILES string of the molecule is C=CCCc1cccc(S(C)(=O)=O)c1. The first-order chi connectivity index (χ1) is 6.54. The normalized spacial score (nSPS) is 11.2. The highest BCUT2D eigenvalue weighted by Gasteiger charge is 2.06. The van der Waals surface area contributed by atoms with Gasteiger partial charge in [-0.1, -0.05) is 18.2 Å². The van der Waals surface area contributed by atoms with Gasteiger partial charge in [-0.25, -0.2) is 8.42 Å². The molecule has 0 heterocycles. The van der Waals surface area contributed by atoms with Gasteiger partial charge >= 0.3 is 0 Å². The Balaban J connectivity index is 2.95. The summed E-state index contributed by atoms with van der Waals surface area (Å²) in [7, 11) is -3.08. The van der Waals surface area contributed by atoms with Crippen LogP contribution < -0.4 is 0 Å². The number of hydrogen-bond donors (Lipinski definition) is 0. The zero-order valence-corrected chi connectivity index (χ0v) is 9.05. The average molecular weight is 210 g/mol.